The monoisotopic (exact) mass is 434 g/mol. The first-order valence-electron chi connectivity index (χ1n) is 10.9. The van der Waals surface area contributed by atoms with E-state index in [9.17, 15) is 14.4 Å². The number of hydrogen-bond acceptors (Lipinski definition) is 5. The molecule has 166 valence electrons. The highest BCUT2D eigenvalue weighted by molar-refractivity contribution is 6.08. The first kappa shape index (κ1) is 21.5. The van der Waals surface area contributed by atoms with Crippen LogP contribution in [0.1, 0.15) is 38.4 Å². The van der Waals surface area contributed by atoms with Crippen molar-refractivity contribution in [2.75, 3.05) is 17.2 Å². The molecule has 1 aliphatic heterocycles. The van der Waals surface area contributed by atoms with Crippen LogP contribution >= 0.6 is 0 Å². The Bertz CT molecular complexity index is 1220. The number of carbonyl (C=O) groups is 2. The van der Waals surface area contributed by atoms with Crippen LogP contribution in [-0.2, 0) is 22.6 Å². The topological polar surface area (TPSA) is 102 Å². The molecule has 2 heterocycles. The van der Waals surface area contributed by atoms with Crippen LogP contribution in [0.25, 0.3) is 10.9 Å². The summed E-state index contributed by atoms with van der Waals surface area (Å²) in [5.74, 6) is 0.437. The number of ether oxygens (including phenoxy) is 1. The molecule has 3 aromatic rings. The minimum atomic E-state index is -0.474. The van der Waals surface area contributed by atoms with Gasteiger partial charge in [0, 0.05) is 18.7 Å². The lowest BCUT2D eigenvalue weighted by Crippen LogP contribution is -2.25. The number of fused-ring (bicyclic) bond motifs is 2. The summed E-state index contributed by atoms with van der Waals surface area (Å²) in [5, 5.41) is 5.87. The van der Waals surface area contributed by atoms with Gasteiger partial charge in [-0.1, -0.05) is 18.6 Å². The van der Waals surface area contributed by atoms with E-state index in [1.165, 1.54) is 0 Å². The Morgan fingerprint density at radius 1 is 1.06 bits per heavy atom. The summed E-state index contributed by atoms with van der Waals surface area (Å²) in [5.41, 5.74) is 1.50. The fraction of sp³-hybridized carbons (Fsp3) is 0.333. The molecule has 0 saturated carbocycles. The third-order valence-corrected chi connectivity index (χ3v) is 5.38. The Balaban J connectivity index is 1.46. The van der Waals surface area contributed by atoms with Crippen LogP contribution < -0.4 is 20.9 Å². The molecule has 0 radical (unpaired) electrons. The van der Waals surface area contributed by atoms with Gasteiger partial charge in [-0.2, -0.15) is 0 Å². The molecule has 32 heavy (non-hydrogen) atoms. The average molecular weight is 434 g/mol. The minimum absolute atomic E-state index is 0.0896. The van der Waals surface area contributed by atoms with E-state index in [2.05, 4.69) is 15.6 Å². The Morgan fingerprint density at radius 3 is 2.72 bits per heavy atom. The molecule has 2 aromatic carbocycles. The number of nitrogens with zero attached hydrogens (tertiary/aromatic N) is 2. The predicted octanol–water partition coefficient (Wildman–Crippen LogP) is 3.49. The van der Waals surface area contributed by atoms with Gasteiger partial charge in [0.2, 0.25) is 11.8 Å². The van der Waals surface area contributed by atoms with Crippen molar-refractivity contribution in [2.24, 2.45) is 0 Å². The van der Waals surface area contributed by atoms with E-state index in [1.54, 1.807) is 41.0 Å². The number of para-hydroxylation sites is 2. The molecule has 2 amide bonds. The van der Waals surface area contributed by atoms with E-state index in [0.717, 1.165) is 31.5 Å². The minimum Gasteiger partial charge on any atom is -0.492 e. The summed E-state index contributed by atoms with van der Waals surface area (Å²) in [6, 6.07) is 12.1. The first-order valence-corrected chi connectivity index (χ1v) is 10.9. The quantitative estimate of drug-likeness (QED) is 0.578. The lowest BCUT2D eigenvalue weighted by molar-refractivity contribution is -0.123. The molecule has 1 aromatic heterocycles. The lowest BCUT2D eigenvalue weighted by Gasteiger charge is -2.12. The van der Waals surface area contributed by atoms with E-state index in [1.807, 2.05) is 13.0 Å². The maximum absolute atomic E-state index is 13.0. The summed E-state index contributed by atoms with van der Waals surface area (Å²) in [4.78, 5) is 42.4. The third-order valence-electron chi connectivity index (χ3n) is 5.38. The molecule has 1 aliphatic rings. The Hall–Kier alpha value is -3.68. The second-order valence-corrected chi connectivity index (χ2v) is 7.73. The smallest absolute Gasteiger partial charge is 0.261 e. The molecule has 0 saturated heterocycles. The number of hydrogen-bond donors (Lipinski definition) is 2. The second kappa shape index (κ2) is 9.64. The summed E-state index contributed by atoms with van der Waals surface area (Å²) in [7, 11) is 0. The molecular formula is C24H26N4O4. The van der Waals surface area contributed by atoms with Crippen LogP contribution in [0.3, 0.4) is 0 Å². The maximum atomic E-state index is 13.0. The van der Waals surface area contributed by atoms with Gasteiger partial charge in [0.25, 0.3) is 5.56 Å². The number of carbonyl (C=O) groups excluding carboxylic acids is 2. The van der Waals surface area contributed by atoms with Gasteiger partial charge in [0.05, 0.1) is 23.2 Å². The van der Waals surface area contributed by atoms with Crippen LogP contribution in [0.5, 0.6) is 5.75 Å². The SMILES string of the molecule is CCOc1ccccc1NC(=O)CC(=O)Nc1ccc2nc3n(c(=O)c2c1)CCCCC3. The van der Waals surface area contributed by atoms with Crippen molar-refractivity contribution in [3.63, 3.8) is 0 Å². The van der Waals surface area contributed by atoms with Crippen molar-refractivity contribution in [1.29, 1.82) is 0 Å². The van der Waals surface area contributed by atoms with Crippen LogP contribution in [0.2, 0.25) is 0 Å². The van der Waals surface area contributed by atoms with Crippen LogP contribution in [0, 0.1) is 0 Å². The normalized spacial score (nSPS) is 13.2. The molecule has 4 rings (SSSR count). The van der Waals surface area contributed by atoms with E-state index < -0.39 is 11.8 Å². The maximum Gasteiger partial charge on any atom is 0.261 e. The predicted molar refractivity (Wildman–Crippen MR) is 123 cm³/mol. The third kappa shape index (κ3) is 4.80. The first-order chi connectivity index (χ1) is 15.5. The number of rotatable bonds is 6. The summed E-state index contributed by atoms with van der Waals surface area (Å²) in [6.07, 6.45) is 3.50. The molecule has 0 unspecified atom stereocenters. The van der Waals surface area contributed by atoms with Gasteiger partial charge in [-0.3, -0.25) is 19.0 Å². The number of nitrogens with one attached hydrogen (secondary N) is 2. The Kier molecular flexibility index (Phi) is 6.49. The van der Waals surface area contributed by atoms with E-state index in [-0.39, 0.29) is 12.0 Å². The molecule has 0 fully saturated rings. The van der Waals surface area contributed by atoms with Crippen molar-refractivity contribution >= 4 is 34.1 Å². The molecule has 2 N–H and O–H groups in total. The largest absolute Gasteiger partial charge is 0.492 e. The van der Waals surface area contributed by atoms with E-state index in [0.29, 0.717) is 41.2 Å². The second-order valence-electron chi connectivity index (χ2n) is 7.73. The van der Waals surface area contributed by atoms with Gasteiger partial charge in [-0.05, 0) is 50.1 Å². The van der Waals surface area contributed by atoms with Crippen LogP contribution in [-0.4, -0.2) is 28.0 Å². The lowest BCUT2D eigenvalue weighted by atomic mass is 10.2. The van der Waals surface area contributed by atoms with Crippen molar-refractivity contribution in [2.45, 2.75) is 45.6 Å². The fourth-order valence-electron chi connectivity index (χ4n) is 3.89. The van der Waals surface area contributed by atoms with Gasteiger partial charge < -0.3 is 15.4 Å². The van der Waals surface area contributed by atoms with Gasteiger partial charge in [0.15, 0.2) is 0 Å². The summed E-state index contributed by atoms with van der Waals surface area (Å²) >= 11 is 0. The molecule has 0 aliphatic carbocycles. The number of benzene rings is 2. The van der Waals surface area contributed by atoms with E-state index in [4.69, 9.17) is 4.74 Å². The number of aromatic nitrogens is 2. The van der Waals surface area contributed by atoms with Gasteiger partial charge in [-0.25, -0.2) is 4.98 Å². The number of aryl methyl sites for hydroxylation is 1. The van der Waals surface area contributed by atoms with Crippen molar-refractivity contribution < 1.29 is 14.3 Å². The summed E-state index contributed by atoms with van der Waals surface area (Å²) < 4.78 is 7.23. The van der Waals surface area contributed by atoms with Crippen molar-refractivity contribution in [3.8, 4) is 5.75 Å². The standard InChI is InChI=1S/C24H26N4O4/c1-2-32-20-9-6-5-8-19(20)27-23(30)15-22(29)25-16-11-12-18-17(14-16)24(31)28-13-7-3-4-10-21(28)26-18/h5-6,8-9,11-12,14H,2-4,7,10,13,15H2,1H3,(H,25,29)(H,27,30). The zero-order valence-corrected chi connectivity index (χ0v) is 18.0. The Morgan fingerprint density at radius 2 is 1.88 bits per heavy atom. The molecule has 0 bridgehead atoms. The van der Waals surface area contributed by atoms with Crippen LogP contribution in [0.15, 0.2) is 47.3 Å². The Labute approximate surface area is 185 Å². The molecule has 8 nitrogen and oxygen atoms in total. The molecule has 0 atom stereocenters. The van der Waals surface area contributed by atoms with Crippen molar-refractivity contribution in [1.82, 2.24) is 9.55 Å². The van der Waals surface area contributed by atoms with Gasteiger partial charge in [-0.15, -0.1) is 0 Å². The highest BCUT2D eigenvalue weighted by Crippen LogP contribution is 2.24. The van der Waals surface area contributed by atoms with Crippen LogP contribution in [0.4, 0.5) is 11.4 Å². The fourth-order valence-corrected chi connectivity index (χ4v) is 3.89. The van der Waals surface area contributed by atoms with Gasteiger partial charge in [0.1, 0.15) is 18.0 Å². The van der Waals surface area contributed by atoms with Crippen molar-refractivity contribution in [3.05, 3.63) is 58.6 Å². The van der Waals surface area contributed by atoms with E-state index >= 15 is 0 Å². The number of anilines is 2. The summed E-state index contributed by atoms with van der Waals surface area (Å²) in [6.45, 7) is 2.98. The number of amides is 2. The molecular weight excluding hydrogens is 408 g/mol. The zero-order valence-electron chi connectivity index (χ0n) is 18.0. The highest BCUT2D eigenvalue weighted by Gasteiger charge is 2.16. The zero-order chi connectivity index (χ0) is 22.5. The molecule has 0 spiro atoms. The molecule has 8 heteroatoms. The highest BCUT2D eigenvalue weighted by atomic mass is 16.5. The average Bonchev–Trinajstić information content (AvgIpc) is 3.01. The van der Waals surface area contributed by atoms with Gasteiger partial charge >= 0.3 is 0 Å².